The summed E-state index contributed by atoms with van der Waals surface area (Å²) in [6.45, 7) is 2.40. The predicted octanol–water partition coefficient (Wildman–Crippen LogP) is 6.15. The van der Waals surface area contributed by atoms with E-state index >= 15 is 0 Å². The Bertz CT molecular complexity index is 1300. The highest BCUT2D eigenvalue weighted by molar-refractivity contribution is 14.1. The average Bonchev–Trinajstić information content (AvgIpc) is 2.82. The van der Waals surface area contributed by atoms with Crippen LogP contribution in [0.5, 0.6) is 11.5 Å². The van der Waals surface area contributed by atoms with Gasteiger partial charge in [-0.1, -0.05) is 12.1 Å². The fourth-order valence-corrected chi connectivity index (χ4v) is 3.86. The lowest BCUT2D eigenvalue weighted by Crippen LogP contribution is -2.02. The van der Waals surface area contributed by atoms with Crippen molar-refractivity contribution in [1.82, 2.24) is 0 Å². The average molecular weight is 571 g/mol. The molecule has 0 heterocycles. The fourth-order valence-electron chi connectivity index (χ4n) is 3.08. The molecule has 10 heteroatoms. The Kier molecular flexibility index (Phi) is 8.15. The van der Waals surface area contributed by atoms with Gasteiger partial charge in [-0.25, -0.2) is 0 Å². The van der Waals surface area contributed by atoms with Gasteiger partial charge in [-0.3, -0.25) is 20.2 Å². The van der Waals surface area contributed by atoms with E-state index in [9.17, 15) is 25.5 Å². The number of allylic oxidation sites excluding steroid dienone is 1. The number of hydrogen-bond donors (Lipinski definition) is 0. The first-order valence-electron chi connectivity index (χ1n) is 10.0. The molecule has 0 saturated carbocycles. The van der Waals surface area contributed by atoms with Crippen molar-refractivity contribution in [3.63, 3.8) is 0 Å². The third-order valence-electron chi connectivity index (χ3n) is 4.66. The van der Waals surface area contributed by atoms with Gasteiger partial charge in [0.1, 0.15) is 6.61 Å². The Morgan fingerprint density at radius 3 is 2.35 bits per heavy atom. The second kappa shape index (κ2) is 11.2. The lowest BCUT2D eigenvalue weighted by atomic mass is 10.0. The number of halogens is 1. The van der Waals surface area contributed by atoms with Crippen molar-refractivity contribution in [3.05, 3.63) is 101 Å². The largest absolute Gasteiger partial charge is 0.490 e. The zero-order chi connectivity index (χ0) is 24.7. The third-order valence-corrected chi connectivity index (χ3v) is 5.46. The number of hydrogen-bond acceptors (Lipinski definition) is 7. The lowest BCUT2D eigenvalue weighted by molar-refractivity contribution is -0.385. The van der Waals surface area contributed by atoms with Crippen molar-refractivity contribution in [1.29, 1.82) is 5.26 Å². The highest BCUT2D eigenvalue weighted by Gasteiger charge is 2.14. The van der Waals surface area contributed by atoms with Gasteiger partial charge in [0.25, 0.3) is 11.4 Å². The van der Waals surface area contributed by atoms with Crippen molar-refractivity contribution in [2.45, 2.75) is 13.5 Å². The minimum atomic E-state index is -0.508. The summed E-state index contributed by atoms with van der Waals surface area (Å²) in [5.74, 6) is 0.978. The number of non-ortho nitro benzene ring substituents is 2. The molecule has 0 unspecified atom stereocenters. The van der Waals surface area contributed by atoms with Crippen LogP contribution in [-0.2, 0) is 6.61 Å². The topological polar surface area (TPSA) is 129 Å². The molecule has 3 rings (SSSR count). The minimum absolute atomic E-state index is 0.00141. The highest BCUT2D eigenvalue weighted by atomic mass is 127. The summed E-state index contributed by atoms with van der Waals surface area (Å²) < 4.78 is 12.4. The fraction of sp³-hybridized carbons (Fsp3) is 0.125. The van der Waals surface area contributed by atoms with E-state index in [0.29, 0.717) is 29.2 Å². The van der Waals surface area contributed by atoms with Crippen LogP contribution in [0.2, 0.25) is 0 Å². The van der Waals surface area contributed by atoms with Crippen LogP contribution >= 0.6 is 22.6 Å². The number of rotatable bonds is 9. The van der Waals surface area contributed by atoms with Crippen LogP contribution in [0, 0.1) is 35.1 Å². The van der Waals surface area contributed by atoms with Gasteiger partial charge in [0.15, 0.2) is 11.5 Å². The minimum Gasteiger partial charge on any atom is -0.490 e. The van der Waals surface area contributed by atoms with Crippen molar-refractivity contribution >= 4 is 45.6 Å². The molecular weight excluding hydrogens is 553 g/mol. The summed E-state index contributed by atoms with van der Waals surface area (Å²) in [7, 11) is 0. The molecule has 34 heavy (non-hydrogen) atoms. The number of nitro benzene ring substituents is 2. The zero-order valence-electron chi connectivity index (χ0n) is 17.9. The van der Waals surface area contributed by atoms with Crippen molar-refractivity contribution in [2.75, 3.05) is 6.61 Å². The summed E-state index contributed by atoms with van der Waals surface area (Å²) in [4.78, 5) is 20.9. The standard InChI is InChI=1S/C24H18IN3O6/c1-2-33-23-12-17(10-19(14-26)18-4-3-5-21(13-18)28(31)32)11-22(25)24(23)34-15-16-6-8-20(9-7-16)27(29)30/h3-13H,2,15H2,1H3/b19-10-. The molecule has 0 N–H and O–H groups in total. The molecule has 0 saturated heterocycles. The molecule has 0 aliphatic heterocycles. The molecule has 0 radical (unpaired) electrons. The van der Waals surface area contributed by atoms with E-state index < -0.39 is 9.85 Å². The molecule has 3 aromatic carbocycles. The SMILES string of the molecule is CCOc1cc(/C=C(/C#N)c2cccc([N+](=O)[O-])c2)cc(I)c1OCc1ccc([N+](=O)[O-])cc1. The first kappa shape index (κ1) is 24.7. The van der Waals surface area contributed by atoms with Gasteiger partial charge in [-0.15, -0.1) is 0 Å². The smallest absolute Gasteiger partial charge is 0.270 e. The van der Waals surface area contributed by atoms with Crippen LogP contribution in [0.1, 0.15) is 23.6 Å². The Labute approximate surface area is 208 Å². The van der Waals surface area contributed by atoms with E-state index in [0.717, 1.165) is 9.13 Å². The number of ether oxygens (including phenoxy) is 2. The maximum absolute atomic E-state index is 11.1. The molecule has 0 fully saturated rings. The van der Waals surface area contributed by atoms with E-state index in [2.05, 4.69) is 28.7 Å². The maximum atomic E-state index is 11.1. The number of benzene rings is 3. The summed E-state index contributed by atoms with van der Waals surface area (Å²) >= 11 is 2.10. The molecule has 0 atom stereocenters. The van der Waals surface area contributed by atoms with E-state index in [-0.39, 0.29) is 23.6 Å². The molecular formula is C24H18IN3O6. The number of nitrogens with zero attached hydrogens (tertiary/aromatic N) is 3. The second-order valence-electron chi connectivity index (χ2n) is 6.95. The highest BCUT2D eigenvalue weighted by Crippen LogP contribution is 2.36. The summed E-state index contributed by atoms with van der Waals surface area (Å²) in [5.41, 5.74) is 2.02. The van der Waals surface area contributed by atoms with E-state index in [4.69, 9.17) is 9.47 Å². The van der Waals surface area contributed by atoms with Crippen molar-refractivity contribution in [2.24, 2.45) is 0 Å². The van der Waals surface area contributed by atoms with E-state index in [1.807, 2.05) is 13.0 Å². The van der Waals surface area contributed by atoms with Gasteiger partial charge >= 0.3 is 0 Å². The summed E-state index contributed by atoms with van der Waals surface area (Å²) in [6.07, 6.45) is 1.63. The van der Waals surface area contributed by atoms with Crippen molar-refractivity contribution in [3.8, 4) is 17.6 Å². The number of nitriles is 1. The van der Waals surface area contributed by atoms with Crippen LogP contribution in [0.15, 0.2) is 60.7 Å². The second-order valence-corrected chi connectivity index (χ2v) is 8.11. The van der Waals surface area contributed by atoms with Gasteiger partial charge in [0.2, 0.25) is 0 Å². The predicted molar refractivity (Wildman–Crippen MR) is 134 cm³/mol. The van der Waals surface area contributed by atoms with Crippen LogP contribution in [0.4, 0.5) is 11.4 Å². The molecule has 0 aromatic heterocycles. The molecule has 9 nitrogen and oxygen atoms in total. The van der Waals surface area contributed by atoms with Crippen LogP contribution in [0.25, 0.3) is 11.6 Å². The maximum Gasteiger partial charge on any atom is 0.270 e. The Morgan fingerprint density at radius 1 is 1.03 bits per heavy atom. The summed E-state index contributed by atoms with van der Waals surface area (Å²) in [5, 5.41) is 31.5. The molecule has 172 valence electrons. The molecule has 0 aliphatic carbocycles. The van der Waals surface area contributed by atoms with Crippen molar-refractivity contribution < 1.29 is 19.3 Å². The monoisotopic (exact) mass is 571 g/mol. The molecule has 0 amide bonds. The third kappa shape index (κ3) is 6.08. The lowest BCUT2D eigenvalue weighted by Gasteiger charge is -2.15. The quantitative estimate of drug-likeness (QED) is 0.0991. The van der Waals surface area contributed by atoms with E-state index in [1.54, 1.807) is 30.3 Å². The first-order chi connectivity index (χ1) is 16.3. The van der Waals surface area contributed by atoms with Crippen LogP contribution in [0.3, 0.4) is 0 Å². The van der Waals surface area contributed by atoms with E-state index in [1.165, 1.54) is 30.3 Å². The Balaban J connectivity index is 1.90. The molecule has 3 aromatic rings. The van der Waals surface area contributed by atoms with Crippen LogP contribution < -0.4 is 9.47 Å². The zero-order valence-corrected chi connectivity index (χ0v) is 20.1. The molecule has 0 bridgehead atoms. The molecule has 0 aliphatic rings. The summed E-state index contributed by atoms with van der Waals surface area (Å²) in [6, 6.07) is 17.6. The van der Waals surface area contributed by atoms with Gasteiger partial charge < -0.3 is 9.47 Å². The van der Waals surface area contributed by atoms with Gasteiger partial charge in [0.05, 0.1) is 31.7 Å². The number of nitro groups is 2. The van der Waals surface area contributed by atoms with Gasteiger partial charge in [-0.05, 0) is 76.5 Å². The normalized spacial score (nSPS) is 10.9. The first-order valence-corrected chi connectivity index (χ1v) is 11.1. The molecule has 0 spiro atoms. The van der Waals surface area contributed by atoms with Gasteiger partial charge in [-0.2, -0.15) is 5.26 Å². The Hall–Kier alpha value is -3.98. The van der Waals surface area contributed by atoms with Gasteiger partial charge in [0, 0.05) is 24.3 Å². The Morgan fingerprint density at radius 2 is 1.74 bits per heavy atom. The van der Waals surface area contributed by atoms with Crippen LogP contribution in [-0.4, -0.2) is 16.5 Å².